The number of nitrogens with one attached hydrogen (secondary N) is 2. The molecule has 29 heavy (non-hydrogen) atoms. The van der Waals surface area contributed by atoms with Crippen LogP contribution in [0.25, 0.3) is 0 Å². The number of carbonyl (C=O) groups excluding carboxylic acids is 1. The van der Waals surface area contributed by atoms with Crippen LogP contribution in [-0.2, 0) is 6.54 Å². The summed E-state index contributed by atoms with van der Waals surface area (Å²) in [4.78, 5) is 28.6. The largest absolute Gasteiger partial charge is 0.367 e. The molecule has 0 aliphatic heterocycles. The minimum atomic E-state index is -0.296. The first kappa shape index (κ1) is 21.2. The van der Waals surface area contributed by atoms with Crippen molar-refractivity contribution in [3.8, 4) is 0 Å². The highest BCUT2D eigenvalue weighted by atomic mass is 35.5. The summed E-state index contributed by atoms with van der Waals surface area (Å²) in [6.45, 7) is 1.03. The summed E-state index contributed by atoms with van der Waals surface area (Å²) in [5.41, 5.74) is 0.955. The first-order valence-electron chi connectivity index (χ1n) is 8.71. The van der Waals surface area contributed by atoms with E-state index in [-0.39, 0.29) is 18.0 Å². The van der Waals surface area contributed by atoms with E-state index in [0.29, 0.717) is 39.5 Å². The van der Waals surface area contributed by atoms with Gasteiger partial charge in [0.2, 0.25) is 0 Å². The van der Waals surface area contributed by atoms with Gasteiger partial charge in [0.05, 0.1) is 22.2 Å². The summed E-state index contributed by atoms with van der Waals surface area (Å²) in [5.74, 6) is 0.188. The Morgan fingerprint density at radius 2 is 1.83 bits per heavy atom. The Balaban J connectivity index is 1.59. The molecule has 2 heterocycles. The second-order valence-electron chi connectivity index (χ2n) is 6.14. The van der Waals surface area contributed by atoms with Gasteiger partial charge in [-0.3, -0.25) is 9.59 Å². The summed E-state index contributed by atoms with van der Waals surface area (Å²) in [6.07, 6.45) is 3.00. The Morgan fingerprint density at radius 3 is 2.59 bits per heavy atom. The summed E-state index contributed by atoms with van der Waals surface area (Å²) in [6, 6.07) is 11.7. The molecule has 3 rings (SSSR count). The molecule has 3 aromatic rings. The lowest BCUT2D eigenvalue weighted by molar-refractivity contribution is 0.0954. The number of hydrogen-bond acceptors (Lipinski definition) is 4. The average Bonchev–Trinajstić information content (AvgIpc) is 2.69. The van der Waals surface area contributed by atoms with Gasteiger partial charge in [-0.25, -0.2) is 4.98 Å². The van der Waals surface area contributed by atoms with Crippen LogP contribution in [0, 0.1) is 0 Å². The molecule has 0 aliphatic rings. The third-order valence-electron chi connectivity index (χ3n) is 4.05. The number of halogens is 3. The standard InChI is InChI=1S/C20H17Cl3N4O2/c21-15-9-17(23)19(26-10-15)24-7-8-25-20(29)14-5-6-18(28)27(12-14)11-13-3-1-2-4-16(13)22/h1-6,9-10,12H,7-8,11H2,(H,24,26)(H,25,29). The molecular formula is C20H17Cl3N4O2. The van der Waals surface area contributed by atoms with Crippen molar-refractivity contribution in [3.63, 3.8) is 0 Å². The summed E-state index contributed by atoms with van der Waals surface area (Å²) in [5, 5.41) is 7.21. The van der Waals surface area contributed by atoms with Gasteiger partial charge in [0.25, 0.3) is 11.5 Å². The number of amides is 1. The number of hydrogen-bond donors (Lipinski definition) is 2. The third-order valence-corrected chi connectivity index (χ3v) is 4.92. The van der Waals surface area contributed by atoms with E-state index in [0.717, 1.165) is 5.56 Å². The minimum absolute atomic E-state index is 0.216. The van der Waals surface area contributed by atoms with Crippen molar-refractivity contribution in [1.29, 1.82) is 0 Å². The smallest absolute Gasteiger partial charge is 0.252 e. The maximum Gasteiger partial charge on any atom is 0.252 e. The van der Waals surface area contributed by atoms with E-state index in [2.05, 4.69) is 15.6 Å². The maximum atomic E-state index is 12.4. The van der Waals surface area contributed by atoms with Crippen molar-refractivity contribution < 1.29 is 4.79 Å². The molecule has 0 unspecified atom stereocenters. The normalized spacial score (nSPS) is 10.6. The molecule has 0 saturated carbocycles. The fourth-order valence-electron chi connectivity index (χ4n) is 2.60. The number of carbonyl (C=O) groups is 1. The molecule has 6 nitrogen and oxygen atoms in total. The number of aromatic nitrogens is 2. The van der Waals surface area contributed by atoms with E-state index >= 15 is 0 Å². The van der Waals surface area contributed by atoms with E-state index in [1.165, 1.54) is 29.1 Å². The number of pyridine rings is 2. The van der Waals surface area contributed by atoms with Gasteiger partial charge in [0.1, 0.15) is 5.82 Å². The van der Waals surface area contributed by atoms with Crippen LogP contribution in [0.1, 0.15) is 15.9 Å². The van der Waals surface area contributed by atoms with Crippen molar-refractivity contribution in [3.05, 3.63) is 91.4 Å². The van der Waals surface area contributed by atoms with Gasteiger partial charge in [-0.15, -0.1) is 0 Å². The molecule has 1 amide bonds. The first-order chi connectivity index (χ1) is 13.9. The van der Waals surface area contributed by atoms with Gasteiger partial charge in [-0.2, -0.15) is 0 Å². The van der Waals surface area contributed by atoms with E-state index in [9.17, 15) is 9.59 Å². The Bertz CT molecular complexity index is 1090. The Morgan fingerprint density at radius 1 is 1.03 bits per heavy atom. The molecule has 0 saturated heterocycles. The van der Waals surface area contributed by atoms with Gasteiger partial charge in [-0.05, 0) is 23.8 Å². The topological polar surface area (TPSA) is 76.0 Å². The van der Waals surface area contributed by atoms with Gasteiger partial charge < -0.3 is 15.2 Å². The SMILES string of the molecule is O=C(NCCNc1ncc(Cl)cc1Cl)c1ccc(=O)n(Cc2ccccc2Cl)c1. The van der Waals surface area contributed by atoms with Crippen LogP contribution in [0.5, 0.6) is 0 Å². The zero-order valence-corrected chi connectivity index (χ0v) is 17.4. The molecule has 0 bridgehead atoms. The van der Waals surface area contributed by atoms with Gasteiger partial charge in [-0.1, -0.05) is 53.0 Å². The average molecular weight is 452 g/mol. The van der Waals surface area contributed by atoms with Crippen molar-refractivity contribution in [2.24, 2.45) is 0 Å². The van der Waals surface area contributed by atoms with Crippen molar-refractivity contribution in [2.45, 2.75) is 6.54 Å². The molecule has 0 atom stereocenters. The molecule has 1 aromatic carbocycles. The van der Waals surface area contributed by atoms with Crippen LogP contribution in [0.3, 0.4) is 0 Å². The second-order valence-corrected chi connectivity index (χ2v) is 7.39. The molecule has 2 N–H and O–H groups in total. The molecule has 0 fully saturated rings. The summed E-state index contributed by atoms with van der Waals surface area (Å²) < 4.78 is 1.45. The summed E-state index contributed by atoms with van der Waals surface area (Å²) in [7, 11) is 0. The van der Waals surface area contributed by atoms with E-state index < -0.39 is 0 Å². The Kier molecular flexibility index (Phi) is 7.14. The van der Waals surface area contributed by atoms with E-state index in [4.69, 9.17) is 34.8 Å². The summed E-state index contributed by atoms with van der Waals surface area (Å²) >= 11 is 18.0. The van der Waals surface area contributed by atoms with Crippen LogP contribution in [-0.4, -0.2) is 28.5 Å². The molecule has 0 aliphatic carbocycles. The zero-order valence-electron chi connectivity index (χ0n) is 15.2. The van der Waals surface area contributed by atoms with Crippen molar-refractivity contribution >= 4 is 46.5 Å². The molecular weight excluding hydrogens is 435 g/mol. The van der Waals surface area contributed by atoms with Crippen LogP contribution < -0.4 is 16.2 Å². The predicted molar refractivity (Wildman–Crippen MR) is 116 cm³/mol. The predicted octanol–water partition coefficient (Wildman–Crippen LogP) is 4.09. The Labute approximate surface area is 182 Å². The maximum absolute atomic E-state index is 12.4. The number of anilines is 1. The Hall–Kier alpha value is -2.54. The van der Waals surface area contributed by atoms with E-state index in [1.807, 2.05) is 18.2 Å². The molecule has 2 aromatic heterocycles. The highest BCUT2D eigenvalue weighted by molar-refractivity contribution is 6.36. The highest BCUT2D eigenvalue weighted by Gasteiger charge is 2.09. The fourth-order valence-corrected chi connectivity index (χ4v) is 3.25. The number of nitrogens with zero attached hydrogens (tertiary/aromatic N) is 2. The first-order valence-corrected chi connectivity index (χ1v) is 9.84. The lowest BCUT2D eigenvalue weighted by atomic mass is 10.2. The molecule has 150 valence electrons. The van der Waals surface area contributed by atoms with Crippen LogP contribution in [0.2, 0.25) is 15.1 Å². The molecule has 0 radical (unpaired) electrons. The van der Waals surface area contributed by atoms with Gasteiger partial charge >= 0.3 is 0 Å². The second kappa shape index (κ2) is 9.78. The molecule has 0 spiro atoms. The quantitative estimate of drug-likeness (QED) is 0.530. The van der Waals surface area contributed by atoms with Gasteiger partial charge in [0.15, 0.2) is 0 Å². The van der Waals surface area contributed by atoms with Crippen LogP contribution >= 0.6 is 34.8 Å². The van der Waals surface area contributed by atoms with Crippen LogP contribution in [0.4, 0.5) is 5.82 Å². The third kappa shape index (κ3) is 5.73. The van der Waals surface area contributed by atoms with Gasteiger partial charge in [0, 0.05) is 36.6 Å². The molecule has 9 heteroatoms. The number of benzene rings is 1. The highest BCUT2D eigenvalue weighted by Crippen LogP contribution is 2.22. The monoisotopic (exact) mass is 450 g/mol. The lowest BCUT2D eigenvalue weighted by Gasteiger charge is -2.11. The van der Waals surface area contributed by atoms with E-state index in [1.54, 1.807) is 12.1 Å². The number of rotatable bonds is 7. The van der Waals surface area contributed by atoms with Crippen molar-refractivity contribution in [2.75, 3.05) is 18.4 Å². The minimum Gasteiger partial charge on any atom is -0.367 e. The lowest BCUT2D eigenvalue weighted by Crippen LogP contribution is -2.30. The fraction of sp³-hybridized carbons (Fsp3) is 0.150. The van der Waals surface area contributed by atoms with Crippen LogP contribution in [0.15, 0.2) is 59.7 Å². The zero-order chi connectivity index (χ0) is 20.8. The van der Waals surface area contributed by atoms with Crippen molar-refractivity contribution in [1.82, 2.24) is 14.9 Å².